The van der Waals surface area contributed by atoms with Gasteiger partial charge in [0.05, 0.1) is 6.26 Å². The van der Waals surface area contributed by atoms with Crippen molar-refractivity contribution >= 4 is 17.7 Å². The van der Waals surface area contributed by atoms with Crippen LogP contribution in [0.25, 0.3) is 6.08 Å². The van der Waals surface area contributed by atoms with Crippen molar-refractivity contribution in [3.8, 4) is 0 Å². The lowest BCUT2D eigenvalue weighted by Crippen LogP contribution is -2.29. The first-order valence-corrected chi connectivity index (χ1v) is 6.72. The average Bonchev–Trinajstić information content (AvgIpc) is 2.94. The van der Waals surface area contributed by atoms with Gasteiger partial charge in [-0.05, 0) is 56.2 Å². The van der Waals surface area contributed by atoms with Crippen molar-refractivity contribution in [3.05, 3.63) is 59.6 Å². The third-order valence-electron chi connectivity index (χ3n) is 3.17. The maximum Gasteiger partial charge on any atom is 0.251 e. The summed E-state index contributed by atoms with van der Waals surface area (Å²) in [5.41, 5.74) is 3.20. The fourth-order valence-corrected chi connectivity index (χ4v) is 2.08. The van der Waals surface area contributed by atoms with Crippen LogP contribution in [0.3, 0.4) is 0 Å². The Kier molecular flexibility index (Phi) is 4.41. The molecule has 0 fully saturated rings. The van der Waals surface area contributed by atoms with Crippen LogP contribution in [0.15, 0.2) is 47.1 Å². The molecular formula is C17H19NO2. The highest BCUT2D eigenvalue weighted by Crippen LogP contribution is 2.22. The first kappa shape index (κ1) is 14.1. The summed E-state index contributed by atoms with van der Waals surface area (Å²) in [5, 5.41) is 0. The van der Waals surface area contributed by atoms with Gasteiger partial charge in [-0.3, -0.25) is 4.79 Å². The third-order valence-corrected chi connectivity index (χ3v) is 3.17. The molecule has 0 bridgehead atoms. The van der Waals surface area contributed by atoms with E-state index < -0.39 is 0 Å². The van der Waals surface area contributed by atoms with Gasteiger partial charge in [0.25, 0.3) is 5.91 Å². The maximum absolute atomic E-state index is 12.3. The highest BCUT2D eigenvalue weighted by Gasteiger charge is 2.13. The van der Waals surface area contributed by atoms with Crippen LogP contribution >= 0.6 is 0 Å². The molecule has 0 saturated heterocycles. The van der Waals surface area contributed by atoms with E-state index in [1.165, 1.54) is 0 Å². The molecule has 1 aromatic carbocycles. The molecule has 1 amide bonds. The van der Waals surface area contributed by atoms with E-state index in [9.17, 15) is 4.79 Å². The van der Waals surface area contributed by atoms with E-state index in [1.807, 2.05) is 39.0 Å². The molecule has 3 heteroatoms. The average molecular weight is 269 g/mol. The molecule has 0 spiro atoms. The lowest BCUT2D eigenvalue weighted by molar-refractivity contribution is -0.114. The van der Waals surface area contributed by atoms with Crippen LogP contribution in [0, 0.1) is 13.8 Å². The second-order valence-corrected chi connectivity index (χ2v) is 4.72. The van der Waals surface area contributed by atoms with Gasteiger partial charge in [0.15, 0.2) is 0 Å². The summed E-state index contributed by atoms with van der Waals surface area (Å²) in [7, 11) is 0. The summed E-state index contributed by atoms with van der Waals surface area (Å²) in [5.74, 6) is 0.632. The second kappa shape index (κ2) is 6.24. The molecule has 1 heterocycles. The van der Waals surface area contributed by atoms with Gasteiger partial charge in [-0.1, -0.05) is 12.1 Å². The van der Waals surface area contributed by atoms with E-state index in [1.54, 1.807) is 29.4 Å². The molecule has 3 nitrogen and oxygen atoms in total. The Morgan fingerprint density at radius 3 is 2.75 bits per heavy atom. The summed E-state index contributed by atoms with van der Waals surface area (Å²) in [4.78, 5) is 14.1. The fourth-order valence-electron chi connectivity index (χ4n) is 2.08. The highest BCUT2D eigenvalue weighted by atomic mass is 16.3. The van der Waals surface area contributed by atoms with Gasteiger partial charge in [0.1, 0.15) is 5.76 Å². The normalized spacial score (nSPS) is 10.9. The summed E-state index contributed by atoms with van der Waals surface area (Å²) < 4.78 is 5.19. The largest absolute Gasteiger partial charge is 0.465 e. The number of carbonyl (C=O) groups is 1. The van der Waals surface area contributed by atoms with Crippen LogP contribution in [0.1, 0.15) is 23.8 Å². The van der Waals surface area contributed by atoms with Gasteiger partial charge in [-0.2, -0.15) is 0 Å². The SMILES string of the molecule is CCN(C(=O)/C=C/c1ccco1)c1cc(C)ccc1C. The van der Waals surface area contributed by atoms with Crippen molar-refractivity contribution in [2.45, 2.75) is 20.8 Å². The fraction of sp³-hybridized carbons (Fsp3) is 0.235. The number of aryl methyl sites for hydroxylation is 2. The minimum atomic E-state index is -0.0439. The Morgan fingerprint density at radius 1 is 1.30 bits per heavy atom. The van der Waals surface area contributed by atoms with Crippen molar-refractivity contribution in [1.82, 2.24) is 0 Å². The standard InChI is InChI=1S/C17H19NO2/c1-4-18(16-12-13(2)7-8-14(16)3)17(19)10-9-15-6-5-11-20-15/h5-12H,4H2,1-3H3/b10-9+. The van der Waals surface area contributed by atoms with Crippen molar-refractivity contribution in [2.24, 2.45) is 0 Å². The molecule has 2 rings (SSSR count). The number of anilines is 1. The van der Waals surface area contributed by atoms with E-state index in [4.69, 9.17) is 4.42 Å². The Bertz CT molecular complexity index is 612. The molecule has 0 atom stereocenters. The molecule has 0 saturated carbocycles. The van der Waals surface area contributed by atoms with Crippen LogP contribution in [0.5, 0.6) is 0 Å². The smallest absolute Gasteiger partial charge is 0.251 e. The van der Waals surface area contributed by atoms with Crippen LogP contribution in [-0.2, 0) is 4.79 Å². The summed E-state index contributed by atoms with van der Waals surface area (Å²) in [6.07, 6.45) is 4.83. The zero-order valence-corrected chi connectivity index (χ0v) is 12.1. The predicted octanol–water partition coefficient (Wildman–Crippen LogP) is 3.96. The molecule has 0 unspecified atom stereocenters. The number of furan rings is 1. The van der Waals surface area contributed by atoms with Crippen LogP contribution < -0.4 is 4.90 Å². The van der Waals surface area contributed by atoms with Crippen molar-refractivity contribution in [1.29, 1.82) is 0 Å². The monoisotopic (exact) mass is 269 g/mol. The number of hydrogen-bond donors (Lipinski definition) is 0. The van der Waals surface area contributed by atoms with Gasteiger partial charge in [-0.25, -0.2) is 0 Å². The summed E-state index contributed by atoms with van der Waals surface area (Å²) >= 11 is 0. The molecule has 0 aliphatic heterocycles. The third kappa shape index (κ3) is 3.18. The number of nitrogens with zero attached hydrogens (tertiary/aromatic N) is 1. The predicted molar refractivity (Wildman–Crippen MR) is 81.7 cm³/mol. The van der Waals surface area contributed by atoms with Crippen LogP contribution in [0.2, 0.25) is 0 Å². The van der Waals surface area contributed by atoms with E-state index >= 15 is 0 Å². The molecule has 2 aromatic rings. The molecule has 104 valence electrons. The van der Waals surface area contributed by atoms with E-state index in [2.05, 4.69) is 6.07 Å². The van der Waals surface area contributed by atoms with Crippen molar-refractivity contribution in [3.63, 3.8) is 0 Å². The number of amides is 1. The molecule has 20 heavy (non-hydrogen) atoms. The highest BCUT2D eigenvalue weighted by molar-refractivity contribution is 6.04. The zero-order chi connectivity index (χ0) is 14.5. The van der Waals surface area contributed by atoms with E-state index in [0.717, 1.165) is 16.8 Å². The molecule has 0 aliphatic rings. The number of benzene rings is 1. The molecular weight excluding hydrogens is 250 g/mol. The number of rotatable bonds is 4. The topological polar surface area (TPSA) is 33.5 Å². The zero-order valence-electron chi connectivity index (χ0n) is 12.1. The summed E-state index contributed by atoms with van der Waals surface area (Å²) in [6, 6.07) is 9.74. The molecule has 0 N–H and O–H groups in total. The minimum absolute atomic E-state index is 0.0439. The first-order valence-electron chi connectivity index (χ1n) is 6.72. The van der Waals surface area contributed by atoms with E-state index in [-0.39, 0.29) is 5.91 Å². The summed E-state index contributed by atoms with van der Waals surface area (Å²) in [6.45, 7) is 6.65. The Hall–Kier alpha value is -2.29. The Labute approximate surface area is 119 Å². The van der Waals surface area contributed by atoms with Crippen molar-refractivity contribution in [2.75, 3.05) is 11.4 Å². The van der Waals surface area contributed by atoms with Gasteiger partial charge in [0.2, 0.25) is 0 Å². The quantitative estimate of drug-likeness (QED) is 0.787. The second-order valence-electron chi connectivity index (χ2n) is 4.72. The first-order chi connectivity index (χ1) is 9.61. The molecule has 1 aromatic heterocycles. The van der Waals surface area contributed by atoms with Gasteiger partial charge in [-0.15, -0.1) is 0 Å². The Balaban J connectivity index is 2.23. The minimum Gasteiger partial charge on any atom is -0.465 e. The lowest BCUT2D eigenvalue weighted by Gasteiger charge is -2.22. The molecule has 0 aliphatic carbocycles. The van der Waals surface area contributed by atoms with Crippen LogP contribution in [-0.4, -0.2) is 12.5 Å². The van der Waals surface area contributed by atoms with Gasteiger partial charge < -0.3 is 9.32 Å². The number of likely N-dealkylation sites (N-methyl/N-ethyl adjacent to an activating group) is 1. The molecule has 0 radical (unpaired) electrons. The Morgan fingerprint density at radius 2 is 2.10 bits per heavy atom. The lowest BCUT2D eigenvalue weighted by atomic mass is 10.1. The van der Waals surface area contributed by atoms with Crippen LogP contribution in [0.4, 0.5) is 5.69 Å². The number of hydrogen-bond acceptors (Lipinski definition) is 2. The van der Waals surface area contributed by atoms with E-state index in [0.29, 0.717) is 12.3 Å². The van der Waals surface area contributed by atoms with Crippen molar-refractivity contribution < 1.29 is 9.21 Å². The maximum atomic E-state index is 12.3. The van der Waals surface area contributed by atoms with Gasteiger partial charge in [0, 0.05) is 18.3 Å². The van der Waals surface area contributed by atoms with Gasteiger partial charge >= 0.3 is 0 Å². The number of carbonyl (C=O) groups excluding carboxylic acids is 1.